The predicted octanol–water partition coefficient (Wildman–Crippen LogP) is 1.80. The van der Waals surface area contributed by atoms with E-state index < -0.39 is 0 Å². The lowest BCUT2D eigenvalue weighted by Crippen LogP contribution is -2.39. The first-order valence-corrected chi connectivity index (χ1v) is 7.10. The summed E-state index contributed by atoms with van der Waals surface area (Å²) in [6.45, 7) is 4.93. The molecule has 16 heavy (non-hydrogen) atoms. The van der Waals surface area contributed by atoms with Gasteiger partial charge in [-0.3, -0.25) is 9.79 Å². The maximum atomic E-state index is 10.9. The van der Waals surface area contributed by atoms with Crippen molar-refractivity contribution in [3.8, 4) is 0 Å². The Labute approximate surface area is 103 Å². The Balaban J connectivity index is 1.97. The van der Waals surface area contributed by atoms with Crippen molar-refractivity contribution in [2.45, 2.75) is 32.4 Å². The van der Waals surface area contributed by atoms with Crippen LogP contribution in [0.15, 0.2) is 15.2 Å². The average Bonchev–Trinajstić information content (AvgIpc) is 2.83. The van der Waals surface area contributed by atoms with E-state index >= 15 is 0 Å². The number of hydrogen-bond donors (Lipinski definition) is 2. The van der Waals surface area contributed by atoms with E-state index in [1.165, 1.54) is 11.3 Å². The molecule has 1 unspecified atom stereocenters. The lowest BCUT2D eigenvalue weighted by atomic mass is 10.0. The number of thioether (sulfide) groups is 1. The van der Waals surface area contributed by atoms with Gasteiger partial charge in [-0.2, -0.15) is 0 Å². The molecule has 0 radical (unpaired) electrons. The fourth-order valence-electron chi connectivity index (χ4n) is 1.38. The van der Waals surface area contributed by atoms with Gasteiger partial charge in [0.1, 0.15) is 0 Å². The molecule has 88 valence electrons. The van der Waals surface area contributed by atoms with Gasteiger partial charge in [0.15, 0.2) is 5.17 Å². The van der Waals surface area contributed by atoms with Crippen molar-refractivity contribution in [3.05, 3.63) is 20.7 Å². The average molecular weight is 257 g/mol. The molecule has 0 aromatic carbocycles. The minimum absolute atomic E-state index is 0.0133. The summed E-state index contributed by atoms with van der Waals surface area (Å²) in [5.74, 6) is 1.06. The largest absolute Gasteiger partial charge is 0.359 e. The second-order valence-corrected chi connectivity index (χ2v) is 5.93. The number of aliphatic imine (C=N–C) groups is 1. The van der Waals surface area contributed by atoms with E-state index in [0.29, 0.717) is 6.54 Å². The molecule has 0 spiro atoms. The third-order valence-electron chi connectivity index (χ3n) is 2.68. The molecular formula is C10H15N3OS2. The Morgan fingerprint density at radius 2 is 2.44 bits per heavy atom. The van der Waals surface area contributed by atoms with Gasteiger partial charge in [-0.15, -0.1) is 0 Å². The summed E-state index contributed by atoms with van der Waals surface area (Å²) in [5.41, 5.74) is 1.06. The van der Waals surface area contributed by atoms with Crippen molar-refractivity contribution < 1.29 is 0 Å². The highest BCUT2D eigenvalue weighted by molar-refractivity contribution is 8.14. The summed E-state index contributed by atoms with van der Waals surface area (Å²) in [6.07, 6.45) is 1.09. The van der Waals surface area contributed by atoms with Gasteiger partial charge in [0, 0.05) is 16.7 Å². The normalized spacial score (nSPS) is 27.2. The molecule has 6 heteroatoms. The molecule has 1 aromatic rings. The topological polar surface area (TPSA) is 57.2 Å². The van der Waals surface area contributed by atoms with Gasteiger partial charge < -0.3 is 10.3 Å². The summed E-state index contributed by atoms with van der Waals surface area (Å²) in [6, 6.07) is 0. The zero-order valence-electron chi connectivity index (χ0n) is 9.37. The molecule has 0 aliphatic carbocycles. The Hall–Kier alpha value is -0.750. The number of thiazole rings is 1. The number of nitrogens with one attached hydrogen (secondary N) is 2. The first-order chi connectivity index (χ1) is 7.61. The van der Waals surface area contributed by atoms with Crippen LogP contribution in [-0.2, 0) is 6.54 Å². The monoisotopic (exact) mass is 257 g/mol. The van der Waals surface area contributed by atoms with Crippen molar-refractivity contribution in [3.63, 3.8) is 0 Å². The maximum Gasteiger partial charge on any atom is 0.304 e. The lowest BCUT2D eigenvalue weighted by Gasteiger charge is -2.20. The van der Waals surface area contributed by atoms with Gasteiger partial charge in [-0.05, 0) is 13.3 Å². The van der Waals surface area contributed by atoms with Gasteiger partial charge in [0.25, 0.3) is 0 Å². The van der Waals surface area contributed by atoms with Gasteiger partial charge >= 0.3 is 4.87 Å². The van der Waals surface area contributed by atoms with Crippen LogP contribution in [0.3, 0.4) is 0 Å². The van der Waals surface area contributed by atoms with E-state index in [4.69, 9.17) is 0 Å². The van der Waals surface area contributed by atoms with Crippen LogP contribution in [0.2, 0.25) is 0 Å². The van der Waals surface area contributed by atoms with Crippen molar-refractivity contribution in [2.24, 2.45) is 4.99 Å². The minimum Gasteiger partial charge on any atom is -0.359 e. The first-order valence-electron chi connectivity index (χ1n) is 5.23. The molecule has 0 saturated carbocycles. The molecule has 2 heterocycles. The number of aromatic amines is 1. The quantitative estimate of drug-likeness (QED) is 0.868. The molecule has 4 nitrogen and oxygen atoms in total. The maximum absolute atomic E-state index is 10.9. The highest BCUT2D eigenvalue weighted by atomic mass is 32.2. The number of amidine groups is 1. The predicted molar refractivity (Wildman–Crippen MR) is 70.4 cm³/mol. The second-order valence-electron chi connectivity index (χ2n) is 4.12. The molecule has 1 saturated heterocycles. The van der Waals surface area contributed by atoms with Crippen molar-refractivity contribution in [2.75, 3.05) is 5.75 Å². The van der Waals surface area contributed by atoms with Crippen LogP contribution >= 0.6 is 23.1 Å². The number of hydrogen-bond acceptors (Lipinski definition) is 4. The highest BCUT2D eigenvalue weighted by Crippen LogP contribution is 2.25. The third kappa shape index (κ3) is 2.68. The number of rotatable bonds is 3. The zero-order chi connectivity index (χ0) is 11.6. The second kappa shape index (κ2) is 4.63. The van der Waals surface area contributed by atoms with Crippen LogP contribution in [0.5, 0.6) is 0 Å². The van der Waals surface area contributed by atoms with E-state index in [0.717, 1.165) is 23.0 Å². The highest BCUT2D eigenvalue weighted by Gasteiger charge is 2.30. The first kappa shape index (κ1) is 11.7. The number of H-pyrrole nitrogens is 1. The fraction of sp³-hybridized carbons (Fsp3) is 0.600. The van der Waals surface area contributed by atoms with E-state index in [9.17, 15) is 4.79 Å². The Morgan fingerprint density at radius 3 is 3.00 bits per heavy atom. The molecule has 1 aromatic heterocycles. The number of nitrogens with zero attached hydrogens (tertiary/aromatic N) is 1. The summed E-state index contributed by atoms with van der Waals surface area (Å²) < 4.78 is 0. The van der Waals surface area contributed by atoms with E-state index in [-0.39, 0.29) is 10.4 Å². The molecule has 1 fully saturated rings. The summed E-state index contributed by atoms with van der Waals surface area (Å²) in [5, 5.41) is 6.23. The van der Waals surface area contributed by atoms with Crippen LogP contribution < -0.4 is 10.2 Å². The smallest absolute Gasteiger partial charge is 0.304 e. The van der Waals surface area contributed by atoms with Gasteiger partial charge in [0.2, 0.25) is 0 Å². The molecule has 2 N–H and O–H groups in total. The van der Waals surface area contributed by atoms with Crippen molar-refractivity contribution in [1.29, 1.82) is 0 Å². The standard InChI is InChI=1S/C10H15N3OS2/c1-3-10(2)6-16-8(13-10)11-4-7-5-15-9(14)12-7/h5H,3-4,6H2,1-2H3,(H,11,13)(H,12,14). The molecular weight excluding hydrogens is 242 g/mol. The molecule has 0 amide bonds. The van der Waals surface area contributed by atoms with Gasteiger partial charge in [-0.1, -0.05) is 30.0 Å². The van der Waals surface area contributed by atoms with Crippen molar-refractivity contribution in [1.82, 2.24) is 10.3 Å². The Bertz CT molecular complexity index is 451. The van der Waals surface area contributed by atoms with E-state index in [1.807, 2.05) is 5.38 Å². The minimum atomic E-state index is -0.0133. The third-order valence-corrected chi connectivity index (χ3v) is 4.68. The van der Waals surface area contributed by atoms with Crippen molar-refractivity contribution >= 4 is 28.3 Å². The van der Waals surface area contributed by atoms with Crippen LogP contribution in [0.25, 0.3) is 0 Å². The van der Waals surface area contributed by atoms with Gasteiger partial charge in [-0.25, -0.2) is 0 Å². The van der Waals surface area contributed by atoms with Crippen LogP contribution in [0.4, 0.5) is 0 Å². The lowest BCUT2D eigenvalue weighted by molar-refractivity contribution is 0.466. The fourth-order valence-corrected chi connectivity index (χ4v) is 3.16. The van der Waals surface area contributed by atoms with E-state index in [2.05, 4.69) is 29.1 Å². The molecule has 1 atom stereocenters. The van der Waals surface area contributed by atoms with E-state index in [1.54, 1.807) is 11.8 Å². The van der Waals surface area contributed by atoms with Gasteiger partial charge in [0.05, 0.1) is 12.2 Å². The number of aromatic nitrogens is 1. The molecule has 0 bridgehead atoms. The summed E-state index contributed by atoms with van der Waals surface area (Å²) in [4.78, 5) is 18.1. The van der Waals surface area contributed by atoms with Crippen LogP contribution in [0, 0.1) is 0 Å². The SMILES string of the molecule is CCC1(C)CSC(=NCc2csc(=O)[nH]2)N1. The zero-order valence-corrected chi connectivity index (χ0v) is 11.0. The Kier molecular flexibility index (Phi) is 3.39. The van der Waals surface area contributed by atoms with Crippen LogP contribution in [-0.4, -0.2) is 21.4 Å². The summed E-state index contributed by atoms with van der Waals surface area (Å²) in [7, 11) is 0. The molecule has 1 aliphatic rings. The summed E-state index contributed by atoms with van der Waals surface area (Å²) >= 11 is 2.93. The Morgan fingerprint density at radius 1 is 1.62 bits per heavy atom. The molecule has 2 rings (SSSR count). The molecule has 1 aliphatic heterocycles. The van der Waals surface area contributed by atoms with Crippen LogP contribution in [0.1, 0.15) is 26.0 Å².